The number of carbonyl (C=O) groups excluding carboxylic acids is 1. The number of hydrogen-bond donors (Lipinski definition) is 0. The molecule has 10 heteroatoms. The Kier molecular flexibility index (Phi) is 6.23. The molecule has 32 heavy (non-hydrogen) atoms. The van der Waals surface area contributed by atoms with Gasteiger partial charge in [0.15, 0.2) is 6.61 Å². The Morgan fingerprint density at radius 1 is 1.06 bits per heavy atom. The van der Waals surface area contributed by atoms with Crippen molar-refractivity contribution >= 4 is 38.5 Å². The van der Waals surface area contributed by atoms with E-state index in [2.05, 4.69) is 0 Å². The van der Waals surface area contributed by atoms with Crippen LogP contribution in [0.25, 0.3) is 11.0 Å². The number of aryl methyl sites for hydroxylation is 1. The second-order valence-electron chi connectivity index (χ2n) is 7.43. The molecule has 0 aliphatic carbocycles. The molecule has 1 aromatic heterocycles. The molecule has 168 valence electrons. The Morgan fingerprint density at radius 2 is 1.75 bits per heavy atom. The van der Waals surface area contributed by atoms with E-state index in [0.29, 0.717) is 16.4 Å². The van der Waals surface area contributed by atoms with Crippen molar-refractivity contribution in [1.82, 2.24) is 9.21 Å². The first-order valence-electron chi connectivity index (χ1n) is 9.95. The molecule has 0 spiro atoms. The molecular formula is C22H21ClN2O6S. The van der Waals surface area contributed by atoms with Gasteiger partial charge in [-0.1, -0.05) is 11.6 Å². The van der Waals surface area contributed by atoms with Gasteiger partial charge in [0.2, 0.25) is 10.0 Å². The number of sulfonamides is 1. The summed E-state index contributed by atoms with van der Waals surface area (Å²) in [6, 6.07) is 12.5. The lowest BCUT2D eigenvalue weighted by atomic mass is 10.1. The van der Waals surface area contributed by atoms with Gasteiger partial charge in [-0.3, -0.25) is 4.79 Å². The fourth-order valence-corrected chi connectivity index (χ4v) is 5.11. The van der Waals surface area contributed by atoms with Gasteiger partial charge in [0.05, 0.1) is 4.90 Å². The van der Waals surface area contributed by atoms with E-state index in [1.807, 2.05) is 6.92 Å². The van der Waals surface area contributed by atoms with Crippen molar-refractivity contribution in [3.63, 3.8) is 0 Å². The molecule has 1 fully saturated rings. The van der Waals surface area contributed by atoms with Crippen LogP contribution in [0.5, 0.6) is 5.75 Å². The first kappa shape index (κ1) is 22.3. The molecule has 0 atom stereocenters. The van der Waals surface area contributed by atoms with Gasteiger partial charge in [-0.25, -0.2) is 13.2 Å². The summed E-state index contributed by atoms with van der Waals surface area (Å²) in [6.45, 7) is 2.53. The topological polar surface area (TPSA) is 97.1 Å². The van der Waals surface area contributed by atoms with Crippen LogP contribution in [-0.4, -0.2) is 56.3 Å². The maximum atomic E-state index is 12.8. The Hall–Kier alpha value is -2.88. The Bertz CT molecular complexity index is 1310. The van der Waals surface area contributed by atoms with Gasteiger partial charge < -0.3 is 14.1 Å². The first-order valence-corrected chi connectivity index (χ1v) is 11.8. The minimum absolute atomic E-state index is 0.170. The molecule has 4 rings (SSSR count). The smallest absolute Gasteiger partial charge is 0.336 e. The van der Waals surface area contributed by atoms with E-state index in [0.717, 1.165) is 10.9 Å². The summed E-state index contributed by atoms with van der Waals surface area (Å²) in [7, 11) is -3.64. The quantitative estimate of drug-likeness (QED) is 0.525. The van der Waals surface area contributed by atoms with Gasteiger partial charge in [-0.05, 0) is 48.9 Å². The van der Waals surface area contributed by atoms with Crippen molar-refractivity contribution < 1.29 is 22.4 Å². The van der Waals surface area contributed by atoms with Crippen LogP contribution in [0.4, 0.5) is 0 Å². The highest BCUT2D eigenvalue weighted by molar-refractivity contribution is 7.89. The van der Waals surface area contributed by atoms with E-state index in [9.17, 15) is 18.0 Å². The summed E-state index contributed by atoms with van der Waals surface area (Å²) in [6.07, 6.45) is 0. The van der Waals surface area contributed by atoms with E-state index in [1.165, 1.54) is 34.6 Å². The molecule has 0 N–H and O–H groups in total. The zero-order valence-electron chi connectivity index (χ0n) is 17.3. The Labute approximate surface area is 190 Å². The lowest BCUT2D eigenvalue weighted by Gasteiger charge is -2.34. The van der Waals surface area contributed by atoms with Gasteiger partial charge >= 0.3 is 5.63 Å². The van der Waals surface area contributed by atoms with E-state index in [-0.39, 0.29) is 43.6 Å². The number of rotatable bonds is 5. The van der Waals surface area contributed by atoms with Gasteiger partial charge in [0.25, 0.3) is 5.91 Å². The van der Waals surface area contributed by atoms with Gasteiger partial charge in [-0.15, -0.1) is 0 Å². The number of nitrogens with zero attached hydrogens (tertiary/aromatic N) is 2. The van der Waals surface area contributed by atoms with E-state index >= 15 is 0 Å². The normalized spacial score (nSPS) is 15.1. The molecule has 1 amide bonds. The summed E-state index contributed by atoms with van der Waals surface area (Å²) in [5.41, 5.74) is 0.737. The third-order valence-electron chi connectivity index (χ3n) is 5.33. The average Bonchev–Trinajstić information content (AvgIpc) is 2.77. The summed E-state index contributed by atoms with van der Waals surface area (Å²) in [5, 5.41) is 1.25. The third-order valence-corrected chi connectivity index (χ3v) is 7.49. The zero-order valence-corrected chi connectivity index (χ0v) is 18.9. The van der Waals surface area contributed by atoms with E-state index in [1.54, 1.807) is 23.1 Å². The Morgan fingerprint density at radius 3 is 2.44 bits per heavy atom. The standard InChI is InChI=1S/C22H21ClN2O6S/c1-15-12-22(27)31-20-13-17(4-7-19(15)20)30-14-21(26)24-8-10-25(11-9-24)32(28,29)18-5-2-16(23)3-6-18/h2-7,12-13H,8-11,14H2,1H3. The summed E-state index contributed by atoms with van der Waals surface area (Å²) in [5.74, 6) is 0.155. The molecule has 2 aromatic carbocycles. The van der Waals surface area contributed by atoms with Crippen LogP contribution in [-0.2, 0) is 14.8 Å². The number of amides is 1. The van der Waals surface area contributed by atoms with Crippen LogP contribution in [0.3, 0.4) is 0 Å². The fourth-order valence-electron chi connectivity index (χ4n) is 3.56. The SMILES string of the molecule is Cc1cc(=O)oc2cc(OCC(=O)N3CCN(S(=O)(=O)c4ccc(Cl)cc4)CC3)ccc12. The summed E-state index contributed by atoms with van der Waals surface area (Å²) in [4.78, 5) is 25.9. The maximum Gasteiger partial charge on any atom is 0.336 e. The van der Waals surface area contributed by atoms with Crippen molar-refractivity contribution in [3.8, 4) is 5.75 Å². The monoisotopic (exact) mass is 476 g/mol. The van der Waals surface area contributed by atoms with Crippen LogP contribution in [0.15, 0.2) is 62.6 Å². The fraction of sp³-hybridized carbons (Fsp3) is 0.273. The number of hydrogen-bond acceptors (Lipinski definition) is 6. The first-order chi connectivity index (χ1) is 15.2. The maximum absolute atomic E-state index is 12.8. The molecule has 3 aromatic rings. The second-order valence-corrected chi connectivity index (χ2v) is 9.81. The average molecular weight is 477 g/mol. The second kappa shape index (κ2) is 8.93. The number of ether oxygens (including phenoxy) is 1. The zero-order chi connectivity index (χ0) is 22.9. The number of piperazine rings is 1. The molecule has 0 bridgehead atoms. The van der Waals surface area contributed by atoms with Crippen LogP contribution in [0, 0.1) is 6.92 Å². The summed E-state index contributed by atoms with van der Waals surface area (Å²) >= 11 is 5.83. The van der Waals surface area contributed by atoms with Crippen molar-refractivity contribution in [2.24, 2.45) is 0 Å². The predicted octanol–water partition coefficient (Wildman–Crippen LogP) is 2.67. The van der Waals surface area contributed by atoms with Crippen LogP contribution in [0.1, 0.15) is 5.56 Å². The molecule has 1 aliphatic rings. The molecular weight excluding hydrogens is 456 g/mol. The number of carbonyl (C=O) groups is 1. The lowest BCUT2D eigenvalue weighted by Crippen LogP contribution is -2.51. The highest BCUT2D eigenvalue weighted by Crippen LogP contribution is 2.23. The molecule has 0 radical (unpaired) electrons. The largest absolute Gasteiger partial charge is 0.484 e. The molecule has 0 saturated carbocycles. The minimum Gasteiger partial charge on any atom is -0.484 e. The number of benzene rings is 2. The third kappa shape index (κ3) is 4.64. The highest BCUT2D eigenvalue weighted by atomic mass is 35.5. The molecule has 8 nitrogen and oxygen atoms in total. The van der Waals surface area contributed by atoms with E-state index < -0.39 is 15.6 Å². The van der Waals surface area contributed by atoms with Crippen molar-refractivity contribution in [2.45, 2.75) is 11.8 Å². The van der Waals surface area contributed by atoms with Gasteiger partial charge in [-0.2, -0.15) is 4.31 Å². The highest BCUT2D eigenvalue weighted by Gasteiger charge is 2.30. The molecule has 1 saturated heterocycles. The van der Waals surface area contributed by atoms with E-state index in [4.69, 9.17) is 20.8 Å². The molecule has 2 heterocycles. The molecule has 1 aliphatic heterocycles. The van der Waals surface area contributed by atoms with Gasteiger partial charge in [0, 0.05) is 48.7 Å². The minimum atomic E-state index is -3.64. The number of halogens is 1. The lowest BCUT2D eigenvalue weighted by molar-refractivity contribution is -0.134. The number of fused-ring (bicyclic) bond motifs is 1. The Balaban J connectivity index is 1.35. The predicted molar refractivity (Wildman–Crippen MR) is 120 cm³/mol. The van der Waals surface area contributed by atoms with Crippen LogP contribution in [0.2, 0.25) is 5.02 Å². The van der Waals surface area contributed by atoms with Crippen LogP contribution < -0.4 is 10.4 Å². The summed E-state index contributed by atoms with van der Waals surface area (Å²) < 4.78 is 37.7. The molecule has 0 unspecified atom stereocenters. The van der Waals surface area contributed by atoms with Crippen LogP contribution >= 0.6 is 11.6 Å². The van der Waals surface area contributed by atoms with Crippen molar-refractivity contribution in [3.05, 3.63) is 69.5 Å². The van der Waals surface area contributed by atoms with Gasteiger partial charge in [0.1, 0.15) is 11.3 Å². The van der Waals surface area contributed by atoms with Crippen molar-refractivity contribution in [2.75, 3.05) is 32.8 Å². The van der Waals surface area contributed by atoms with Crippen molar-refractivity contribution in [1.29, 1.82) is 0 Å².